The van der Waals surface area contributed by atoms with Crippen molar-refractivity contribution in [1.29, 1.82) is 0 Å². The Kier molecular flexibility index (Phi) is 3.69. The van der Waals surface area contributed by atoms with E-state index in [-0.39, 0.29) is 6.54 Å². The van der Waals surface area contributed by atoms with Gasteiger partial charge in [0.25, 0.3) is 0 Å². The molecule has 106 valence electrons. The van der Waals surface area contributed by atoms with Crippen molar-refractivity contribution >= 4 is 5.97 Å². The minimum atomic E-state index is -0.943. The van der Waals surface area contributed by atoms with Crippen LogP contribution in [0.4, 0.5) is 0 Å². The molecule has 2 rings (SSSR count). The Labute approximate surface area is 115 Å². The molecule has 0 aliphatic heterocycles. The number of aromatic nitrogens is 4. The molecule has 0 fully saturated rings. The maximum absolute atomic E-state index is 12.0. The summed E-state index contributed by atoms with van der Waals surface area (Å²) in [5, 5.41) is 9.17. The first-order chi connectivity index (χ1) is 9.41. The number of carboxylic acid groups (broad SMARTS) is 1. The Hall–Kier alpha value is -2.44. The summed E-state index contributed by atoms with van der Waals surface area (Å²) in [6.07, 6.45) is 3.26. The Balaban J connectivity index is 2.55. The topological polar surface area (TPSA) is 101 Å². The van der Waals surface area contributed by atoms with E-state index in [0.29, 0.717) is 22.8 Å². The normalized spacial score (nSPS) is 12.3. The molecule has 0 amide bonds. The maximum Gasteiger partial charge on any atom is 0.348 e. The molecule has 0 aliphatic carbocycles. The van der Waals surface area contributed by atoms with Crippen molar-refractivity contribution in [3.05, 3.63) is 45.7 Å². The fraction of sp³-hybridized carbons (Fsp3) is 0.385. The molecular weight excluding hydrogens is 260 g/mol. The highest BCUT2D eigenvalue weighted by atomic mass is 16.4. The van der Waals surface area contributed by atoms with Crippen molar-refractivity contribution < 1.29 is 9.90 Å². The minimum Gasteiger partial charge on any atom is -0.481 e. The molecule has 0 aromatic carbocycles. The highest BCUT2D eigenvalue weighted by Crippen LogP contribution is 2.21. The lowest BCUT2D eigenvalue weighted by Crippen LogP contribution is -2.30. The van der Waals surface area contributed by atoms with E-state index < -0.39 is 17.6 Å². The van der Waals surface area contributed by atoms with Crippen LogP contribution in [0, 0.1) is 13.8 Å². The number of aromatic amines is 1. The van der Waals surface area contributed by atoms with Gasteiger partial charge in [0, 0.05) is 29.3 Å². The van der Waals surface area contributed by atoms with Crippen LogP contribution in [0.2, 0.25) is 0 Å². The van der Waals surface area contributed by atoms with Gasteiger partial charge in [0.05, 0.1) is 12.5 Å². The largest absolute Gasteiger partial charge is 0.481 e. The summed E-state index contributed by atoms with van der Waals surface area (Å²) in [5.41, 5.74) is 1.23. The van der Waals surface area contributed by atoms with Gasteiger partial charge in [0.1, 0.15) is 5.82 Å². The van der Waals surface area contributed by atoms with Crippen LogP contribution in [0.25, 0.3) is 0 Å². The summed E-state index contributed by atoms with van der Waals surface area (Å²) < 4.78 is 1.43. The van der Waals surface area contributed by atoms with Crippen LogP contribution in [0.15, 0.2) is 17.2 Å². The number of H-pyrrole nitrogens is 1. The Bertz CT molecular complexity index is 688. The van der Waals surface area contributed by atoms with Crippen molar-refractivity contribution in [2.45, 2.75) is 33.2 Å². The number of hydrogen-bond donors (Lipinski definition) is 2. The average molecular weight is 276 g/mol. The van der Waals surface area contributed by atoms with Crippen LogP contribution in [0.1, 0.15) is 35.6 Å². The third kappa shape index (κ3) is 2.47. The molecule has 1 atom stereocenters. The highest BCUT2D eigenvalue weighted by molar-refractivity contribution is 5.76. The molecule has 2 N–H and O–H groups in total. The zero-order chi connectivity index (χ0) is 14.9. The molecule has 0 spiro atoms. The molecule has 7 nitrogen and oxygen atoms in total. The molecule has 0 saturated heterocycles. The van der Waals surface area contributed by atoms with Gasteiger partial charge in [-0.15, -0.1) is 0 Å². The molecule has 7 heteroatoms. The molecule has 2 aromatic heterocycles. The summed E-state index contributed by atoms with van der Waals surface area (Å²) >= 11 is 0. The number of hydrogen-bond acceptors (Lipinski definition) is 4. The third-order valence-electron chi connectivity index (χ3n) is 3.34. The van der Waals surface area contributed by atoms with Gasteiger partial charge in [0.2, 0.25) is 0 Å². The van der Waals surface area contributed by atoms with Gasteiger partial charge in [-0.2, -0.15) is 4.98 Å². The first-order valence-corrected chi connectivity index (χ1v) is 6.20. The maximum atomic E-state index is 12.0. The molecule has 0 aliphatic rings. The predicted molar refractivity (Wildman–Crippen MR) is 71.7 cm³/mol. The predicted octanol–water partition coefficient (Wildman–Crippen LogP) is 0.820. The van der Waals surface area contributed by atoms with E-state index >= 15 is 0 Å². The smallest absolute Gasteiger partial charge is 0.348 e. The van der Waals surface area contributed by atoms with Crippen molar-refractivity contribution in [2.24, 2.45) is 0 Å². The summed E-state index contributed by atoms with van der Waals surface area (Å²) in [6.45, 7) is 5.21. The van der Waals surface area contributed by atoms with Gasteiger partial charge < -0.3 is 10.1 Å². The van der Waals surface area contributed by atoms with Crippen molar-refractivity contribution in [3.8, 4) is 0 Å². The number of imidazole rings is 1. The minimum absolute atomic E-state index is 0.240. The fourth-order valence-electron chi connectivity index (χ4n) is 2.29. The average Bonchev–Trinajstić information content (AvgIpc) is 2.86. The quantitative estimate of drug-likeness (QED) is 0.861. The van der Waals surface area contributed by atoms with Crippen molar-refractivity contribution in [2.75, 3.05) is 0 Å². The number of aryl methyl sites for hydroxylation is 1. The van der Waals surface area contributed by atoms with Gasteiger partial charge in [-0.25, -0.2) is 9.78 Å². The SMILES string of the molecule is Cc1nc(=O)n(Cc2ncc[nH]2)c(C)c1C(C)C(=O)O. The van der Waals surface area contributed by atoms with Crippen LogP contribution < -0.4 is 5.69 Å². The fourth-order valence-corrected chi connectivity index (χ4v) is 2.29. The van der Waals surface area contributed by atoms with E-state index in [1.54, 1.807) is 33.2 Å². The lowest BCUT2D eigenvalue weighted by molar-refractivity contribution is -0.138. The number of aliphatic carboxylic acids is 1. The highest BCUT2D eigenvalue weighted by Gasteiger charge is 2.22. The van der Waals surface area contributed by atoms with Crippen LogP contribution in [-0.4, -0.2) is 30.6 Å². The molecule has 2 aromatic rings. The number of carboxylic acids is 1. The van der Waals surface area contributed by atoms with E-state index in [1.807, 2.05) is 0 Å². The van der Waals surface area contributed by atoms with E-state index in [1.165, 1.54) is 4.57 Å². The number of nitrogens with one attached hydrogen (secondary N) is 1. The summed E-state index contributed by atoms with van der Waals surface area (Å²) in [6, 6.07) is 0. The zero-order valence-electron chi connectivity index (χ0n) is 11.5. The molecule has 1 unspecified atom stereocenters. The second kappa shape index (κ2) is 5.28. The molecule has 0 bridgehead atoms. The van der Waals surface area contributed by atoms with E-state index in [0.717, 1.165) is 0 Å². The van der Waals surface area contributed by atoms with E-state index in [2.05, 4.69) is 15.0 Å². The summed E-state index contributed by atoms with van der Waals surface area (Å²) in [5.74, 6) is -1.04. The van der Waals surface area contributed by atoms with Crippen molar-refractivity contribution in [1.82, 2.24) is 19.5 Å². The van der Waals surface area contributed by atoms with Crippen LogP contribution in [0.5, 0.6) is 0 Å². The molecule has 2 heterocycles. The number of carbonyl (C=O) groups is 1. The molecule has 0 saturated carbocycles. The van der Waals surface area contributed by atoms with E-state index in [9.17, 15) is 9.59 Å². The van der Waals surface area contributed by atoms with Gasteiger partial charge >= 0.3 is 11.7 Å². The van der Waals surface area contributed by atoms with Crippen molar-refractivity contribution in [3.63, 3.8) is 0 Å². The van der Waals surface area contributed by atoms with Crippen LogP contribution in [-0.2, 0) is 11.3 Å². The Morgan fingerprint density at radius 3 is 2.75 bits per heavy atom. The number of rotatable bonds is 4. The van der Waals surface area contributed by atoms with E-state index in [4.69, 9.17) is 5.11 Å². The summed E-state index contributed by atoms with van der Waals surface area (Å²) in [7, 11) is 0. The first-order valence-electron chi connectivity index (χ1n) is 6.20. The zero-order valence-corrected chi connectivity index (χ0v) is 11.5. The Morgan fingerprint density at radius 2 is 2.20 bits per heavy atom. The second-order valence-corrected chi connectivity index (χ2v) is 4.66. The second-order valence-electron chi connectivity index (χ2n) is 4.66. The molecular formula is C13H16N4O3. The first kappa shape index (κ1) is 14.0. The van der Waals surface area contributed by atoms with Gasteiger partial charge in [0.15, 0.2) is 0 Å². The summed E-state index contributed by atoms with van der Waals surface area (Å²) in [4.78, 5) is 34.1. The number of nitrogens with zero attached hydrogens (tertiary/aromatic N) is 3. The van der Waals surface area contributed by atoms with Gasteiger partial charge in [-0.05, 0) is 20.8 Å². The third-order valence-corrected chi connectivity index (χ3v) is 3.34. The molecule has 0 radical (unpaired) electrons. The van der Waals surface area contributed by atoms with Gasteiger partial charge in [-0.3, -0.25) is 9.36 Å². The lowest BCUT2D eigenvalue weighted by Gasteiger charge is -2.17. The molecule has 20 heavy (non-hydrogen) atoms. The Morgan fingerprint density at radius 1 is 1.50 bits per heavy atom. The lowest BCUT2D eigenvalue weighted by atomic mass is 9.98. The standard InChI is InChI=1S/C13H16N4O3/c1-7(12(18)19)11-8(2)16-13(20)17(9(11)3)6-10-14-4-5-15-10/h4-5,7H,6H2,1-3H3,(H,14,15)(H,18,19). The van der Waals surface area contributed by atoms with Crippen LogP contribution >= 0.6 is 0 Å². The van der Waals surface area contributed by atoms with Gasteiger partial charge in [-0.1, -0.05) is 0 Å². The van der Waals surface area contributed by atoms with Crippen LogP contribution in [0.3, 0.4) is 0 Å². The monoisotopic (exact) mass is 276 g/mol.